The number of benzene rings is 1. The molecule has 0 unspecified atom stereocenters. The Morgan fingerprint density at radius 2 is 1.87 bits per heavy atom. The van der Waals surface area contributed by atoms with Crippen LogP contribution in [-0.2, 0) is 12.0 Å². The first-order valence-electron chi connectivity index (χ1n) is 9.55. The summed E-state index contributed by atoms with van der Waals surface area (Å²) in [5.41, 5.74) is 2.05. The number of carbonyl (C=O) groups is 1. The second kappa shape index (κ2) is 11.4. The molecule has 0 aliphatic heterocycles. The van der Waals surface area contributed by atoms with Crippen LogP contribution in [0.3, 0.4) is 0 Å². The molecule has 2 aromatic heterocycles. The van der Waals surface area contributed by atoms with Crippen LogP contribution >= 0.6 is 12.8 Å². The SMILES string of the molecule is COc1ccc(C(C)(C)CO)cc1.COc1nc(C(=O)NS)ccc1Cn1cccn1. The lowest BCUT2D eigenvalue weighted by molar-refractivity contribution is 0.0979. The van der Waals surface area contributed by atoms with Gasteiger partial charge in [-0.25, -0.2) is 4.98 Å². The molecule has 0 atom stereocenters. The van der Waals surface area contributed by atoms with E-state index in [2.05, 4.69) is 27.6 Å². The maximum absolute atomic E-state index is 11.4. The van der Waals surface area contributed by atoms with Crippen LogP contribution in [0.25, 0.3) is 0 Å². The first-order valence-corrected chi connectivity index (χ1v) is 10.0. The summed E-state index contributed by atoms with van der Waals surface area (Å²) < 4.78 is 14.2. The average Bonchev–Trinajstić information content (AvgIpc) is 3.32. The van der Waals surface area contributed by atoms with Gasteiger partial charge in [-0.3, -0.25) is 14.2 Å². The first-order chi connectivity index (χ1) is 14.8. The molecule has 3 aromatic rings. The Hall–Kier alpha value is -3.04. The van der Waals surface area contributed by atoms with Crippen molar-refractivity contribution < 1.29 is 19.4 Å². The zero-order valence-electron chi connectivity index (χ0n) is 18.1. The number of hydrogen-bond acceptors (Lipinski definition) is 7. The van der Waals surface area contributed by atoms with Crippen molar-refractivity contribution in [1.29, 1.82) is 0 Å². The third-order valence-electron chi connectivity index (χ3n) is 4.62. The number of rotatable bonds is 7. The van der Waals surface area contributed by atoms with Gasteiger partial charge >= 0.3 is 0 Å². The molecule has 0 aliphatic carbocycles. The number of thiol groups is 1. The van der Waals surface area contributed by atoms with Gasteiger partial charge in [0.2, 0.25) is 5.88 Å². The van der Waals surface area contributed by atoms with Gasteiger partial charge in [0.05, 0.1) is 27.4 Å². The minimum atomic E-state index is -0.373. The number of pyridine rings is 1. The summed E-state index contributed by atoms with van der Waals surface area (Å²) in [6.45, 7) is 4.70. The molecule has 1 amide bonds. The van der Waals surface area contributed by atoms with E-state index in [1.54, 1.807) is 30.1 Å². The zero-order chi connectivity index (χ0) is 22.9. The minimum Gasteiger partial charge on any atom is -0.497 e. The lowest BCUT2D eigenvalue weighted by Gasteiger charge is -2.22. The van der Waals surface area contributed by atoms with E-state index in [4.69, 9.17) is 14.6 Å². The summed E-state index contributed by atoms with van der Waals surface area (Å²) in [5, 5.41) is 13.2. The van der Waals surface area contributed by atoms with E-state index in [9.17, 15) is 4.79 Å². The molecule has 166 valence electrons. The molecule has 9 heteroatoms. The average molecular weight is 445 g/mol. The van der Waals surface area contributed by atoms with Crippen molar-refractivity contribution in [3.05, 3.63) is 71.7 Å². The van der Waals surface area contributed by atoms with Gasteiger partial charge in [0.15, 0.2) is 0 Å². The Bertz CT molecular complexity index is 960. The molecular formula is C22H28N4O4S. The number of nitrogens with one attached hydrogen (secondary N) is 1. The van der Waals surface area contributed by atoms with Crippen molar-refractivity contribution in [2.24, 2.45) is 0 Å². The fourth-order valence-corrected chi connectivity index (χ4v) is 2.77. The van der Waals surface area contributed by atoms with Crippen molar-refractivity contribution in [1.82, 2.24) is 19.5 Å². The molecule has 0 spiro atoms. The highest BCUT2D eigenvalue weighted by molar-refractivity contribution is 7.78. The number of carbonyl (C=O) groups excluding carboxylic acids is 1. The van der Waals surface area contributed by atoms with Crippen molar-refractivity contribution in [3.63, 3.8) is 0 Å². The quantitative estimate of drug-likeness (QED) is 0.485. The molecule has 0 saturated heterocycles. The maximum atomic E-state index is 11.4. The van der Waals surface area contributed by atoms with Crippen LogP contribution in [0, 0.1) is 0 Å². The van der Waals surface area contributed by atoms with E-state index in [1.807, 2.05) is 50.4 Å². The highest BCUT2D eigenvalue weighted by atomic mass is 32.1. The Morgan fingerprint density at radius 3 is 2.39 bits per heavy atom. The standard InChI is InChI=1S/C11H12N4O2S.C11H16O2/c1-17-11-8(7-15-6-2-5-12-15)3-4-9(13-11)10(16)14-18;1-11(2,8-12)9-4-6-10(13-3)7-5-9/h2-6,18H,7H2,1H3,(H,14,16);4-7,12H,8H2,1-3H3. The predicted molar refractivity (Wildman–Crippen MR) is 122 cm³/mol. The number of hydrogen-bond donors (Lipinski definition) is 3. The summed E-state index contributed by atoms with van der Waals surface area (Å²) >= 11 is 3.69. The number of ether oxygens (including phenoxy) is 2. The fraction of sp³-hybridized carbons (Fsp3) is 0.318. The first kappa shape index (κ1) is 24.2. The van der Waals surface area contributed by atoms with Gasteiger partial charge in [0.1, 0.15) is 11.4 Å². The number of aliphatic hydroxyl groups is 1. The molecule has 0 aliphatic rings. The maximum Gasteiger partial charge on any atom is 0.279 e. The monoisotopic (exact) mass is 444 g/mol. The van der Waals surface area contributed by atoms with E-state index in [-0.39, 0.29) is 23.6 Å². The molecule has 0 bridgehead atoms. The molecule has 0 radical (unpaired) electrons. The van der Waals surface area contributed by atoms with Gasteiger partial charge in [-0.15, -0.1) is 0 Å². The Labute approximate surface area is 187 Å². The van der Waals surface area contributed by atoms with E-state index in [1.165, 1.54) is 7.11 Å². The summed E-state index contributed by atoms with van der Waals surface area (Å²) in [4.78, 5) is 15.5. The summed E-state index contributed by atoms with van der Waals surface area (Å²) in [7, 11) is 3.16. The molecule has 31 heavy (non-hydrogen) atoms. The number of nitrogens with zero attached hydrogens (tertiary/aromatic N) is 3. The molecule has 2 N–H and O–H groups in total. The molecule has 0 saturated carbocycles. The molecular weight excluding hydrogens is 416 g/mol. The fourth-order valence-electron chi connectivity index (χ4n) is 2.65. The Kier molecular flexibility index (Phi) is 8.89. The summed E-state index contributed by atoms with van der Waals surface area (Å²) in [6.07, 6.45) is 3.54. The van der Waals surface area contributed by atoms with Crippen molar-refractivity contribution in [3.8, 4) is 11.6 Å². The Morgan fingerprint density at radius 1 is 1.16 bits per heavy atom. The van der Waals surface area contributed by atoms with E-state index < -0.39 is 0 Å². The van der Waals surface area contributed by atoms with Crippen LogP contribution in [0.5, 0.6) is 11.6 Å². The van der Waals surface area contributed by atoms with E-state index in [0.717, 1.165) is 16.9 Å². The topological polar surface area (TPSA) is 98.5 Å². The third kappa shape index (κ3) is 6.73. The van der Waals surface area contributed by atoms with Crippen LogP contribution in [0.15, 0.2) is 54.9 Å². The molecule has 2 heterocycles. The van der Waals surface area contributed by atoms with Crippen LogP contribution < -0.4 is 14.2 Å². The van der Waals surface area contributed by atoms with E-state index in [0.29, 0.717) is 12.4 Å². The number of amides is 1. The second-order valence-corrected chi connectivity index (χ2v) is 7.50. The smallest absolute Gasteiger partial charge is 0.279 e. The van der Waals surface area contributed by atoms with Crippen LogP contribution in [-0.4, -0.2) is 46.6 Å². The molecule has 1 aromatic carbocycles. The third-order valence-corrected chi connectivity index (χ3v) is 4.83. The van der Waals surface area contributed by atoms with Crippen molar-refractivity contribution in [2.75, 3.05) is 20.8 Å². The molecule has 8 nitrogen and oxygen atoms in total. The Balaban J connectivity index is 0.000000233. The van der Waals surface area contributed by atoms with Gasteiger partial charge in [-0.05, 0) is 35.9 Å². The largest absolute Gasteiger partial charge is 0.497 e. The highest BCUT2D eigenvalue weighted by Gasteiger charge is 2.18. The summed E-state index contributed by atoms with van der Waals surface area (Å²) in [6, 6.07) is 13.0. The van der Waals surface area contributed by atoms with Crippen LogP contribution in [0.1, 0.15) is 35.5 Å². The number of methoxy groups -OCH3 is 2. The minimum absolute atomic E-state index is 0.152. The van der Waals surface area contributed by atoms with Crippen LogP contribution in [0.2, 0.25) is 0 Å². The highest BCUT2D eigenvalue weighted by Crippen LogP contribution is 2.24. The zero-order valence-corrected chi connectivity index (χ0v) is 19.0. The van der Waals surface area contributed by atoms with Crippen LogP contribution in [0.4, 0.5) is 0 Å². The predicted octanol–water partition coefficient (Wildman–Crippen LogP) is 2.87. The lowest BCUT2D eigenvalue weighted by Crippen LogP contribution is -2.21. The summed E-state index contributed by atoms with van der Waals surface area (Å²) in [5.74, 6) is 0.875. The number of aromatic nitrogens is 3. The van der Waals surface area contributed by atoms with Gasteiger partial charge in [0, 0.05) is 23.4 Å². The van der Waals surface area contributed by atoms with Crippen molar-refractivity contribution >= 4 is 18.7 Å². The molecule has 3 rings (SSSR count). The van der Waals surface area contributed by atoms with E-state index >= 15 is 0 Å². The van der Waals surface area contributed by atoms with Gasteiger partial charge in [-0.2, -0.15) is 5.10 Å². The second-order valence-electron chi connectivity index (χ2n) is 7.28. The normalized spacial score (nSPS) is 10.6. The van der Waals surface area contributed by atoms with Crippen molar-refractivity contribution in [2.45, 2.75) is 25.8 Å². The lowest BCUT2D eigenvalue weighted by atomic mass is 9.86. The van der Waals surface area contributed by atoms with Gasteiger partial charge in [0.25, 0.3) is 5.91 Å². The van der Waals surface area contributed by atoms with Gasteiger partial charge in [-0.1, -0.05) is 38.8 Å². The molecule has 0 fully saturated rings. The number of aliphatic hydroxyl groups excluding tert-OH is 1. The van der Waals surface area contributed by atoms with Gasteiger partial charge < -0.3 is 14.6 Å².